The van der Waals surface area contributed by atoms with E-state index >= 15 is 0 Å². The first kappa shape index (κ1) is 12.2. The smallest absolute Gasteiger partial charge is 0.257 e. The van der Waals surface area contributed by atoms with Crippen LogP contribution in [0.25, 0.3) is 11.5 Å². The highest BCUT2D eigenvalue weighted by molar-refractivity contribution is 5.58. The fraction of sp³-hybridized carbons (Fsp3) is 0.467. The van der Waals surface area contributed by atoms with Crippen LogP contribution in [0.4, 0.5) is 5.69 Å². The van der Waals surface area contributed by atoms with Gasteiger partial charge in [0.05, 0.1) is 0 Å². The Morgan fingerprint density at radius 2 is 1.84 bits per heavy atom. The van der Waals surface area contributed by atoms with Gasteiger partial charge in [0.25, 0.3) is 5.89 Å². The van der Waals surface area contributed by atoms with Crippen molar-refractivity contribution in [3.8, 4) is 11.5 Å². The molecule has 2 aromatic rings. The Hall–Kier alpha value is -1.84. The van der Waals surface area contributed by atoms with Crippen LogP contribution in [0.1, 0.15) is 37.9 Å². The predicted molar refractivity (Wildman–Crippen MR) is 75.0 cm³/mol. The van der Waals surface area contributed by atoms with Crippen molar-refractivity contribution in [3.63, 3.8) is 0 Å². The zero-order chi connectivity index (χ0) is 13.1. The summed E-state index contributed by atoms with van der Waals surface area (Å²) < 4.78 is 5.16. The topological polar surface area (TPSA) is 51.0 Å². The Balaban J connectivity index is 1.68. The molecule has 4 heteroatoms. The lowest BCUT2D eigenvalue weighted by molar-refractivity contribution is 0.425. The first-order chi connectivity index (χ1) is 9.31. The summed E-state index contributed by atoms with van der Waals surface area (Å²) in [5.74, 6) is 1.25. The van der Waals surface area contributed by atoms with Gasteiger partial charge in [0.2, 0.25) is 0 Å². The predicted octanol–water partition coefficient (Wildman–Crippen LogP) is 3.79. The SMILES string of the molecule is Cc1noc(-c2ccc(NC3CCCCC3)cc2)n1. The summed E-state index contributed by atoms with van der Waals surface area (Å²) in [5.41, 5.74) is 2.14. The Morgan fingerprint density at radius 1 is 1.11 bits per heavy atom. The van der Waals surface area contributed by atoms with E-state index in [2.05, 4.69) is 27.6 Å². The molecule has 4 nitrogen and oxygen atoms in total. The van der Waals surface area contributed by atoms with Gasteiger partial charge in [-0.3, -0.25) is 0 Å². The number of rotatable bonds is 3. The molecular formula is C15H19N3O. The second kappa shape index (κ2) is 5.43. The molecule has 0 amide bonds. The number of anilines is 1. The third-order valence-corrected chi connectivity index (χ3v) is 3.64. The molecule has 19 heavy (non-hydrogen) atoms. The van der Waals surface area contributed by atoms with E-state index in [0.717, 1.165) is 5.56 Å². The van der Waals surface area contributed by atoms with Gasteiger partial charge in [0.1, 0.15) is 0 Å². The minimum absolute atomic E-state index is 0.585. The number of hydrogen-bond acceptors (Lipinski definition) is 4. The van der Waals surface area contributed by atoms with Crippen molar-refractivity contribution < 1.29 is 4.52 Å². The molecule has 1 heterocycles. The van der Waals surface area contributed by atoms with Crippen molar-refractivity contribution in [2.45, 2.75) is 45.1 Å². The van der Waals surface area contributed by atoms with E-state index in [4.69, 9.17) is 4.52 Å². The third kappa shape index (κ3) is 2.95. The van der Waals surface area contributed by atoms with Gasteiger partial charge in [-0.05, 0) is 44.0 Å². The molecule has 0 bridgehead atoms. The van der Waals surface area contributed by atoms with E-state index in [9.17, 15) is 0 Å². The summed E-state index contributed by atoms with van der Waals surface area (Å²) in [7, 11) is 0. The molecule has 1 aliphatic rings. The minimum Gasteiger partial charge on any atom is -0.382 e. The quantitative estimate of drug-likeness (QED) is 0.908. The van der Waals surface area contributed by atoms with E-state index in [-0.39, 0.29) is 0 Å². The number of nitrogens with one attached hydrogen (secondary N) is 1. The normalized spacial score (nSPS) is 16.5. The van der Waals surface area contributed by atoms with Gasteiger partial charge in [-0.15, -0.1) is 0 Å². The molecule has 1 fully saturated rings. The van der Waals surface area contributed by atoms with Crippen LogP contribution in [-0.4, -0.2) is 16.2 Å². The lowest BCUT2D eigenvalue weighted by atomic mass is 9.95. The van der Waals surface area contributed by atoms with Crippen LogP contribution < -0.4 is 5.32 Å². The monoisotopic (exact) mass is 257 g/mol. The highest BCUT2D eigenvalue weighted by Crippen LogP contribution is 2.24. The third-order valence-electron chi connectivity index (χ3n) is 3.64. The number of nitrogens with zero attached hydrogens (tertiary/aromatic N) is 2. The largest absolute Gasteiger partial charge is 0.382 e. The number of aryl methyl sites for hydroxylation is 1. The van der Waals surface area contributed by atoms with Gasteiger partial charge in [-0.1, -0.05) is 24.4 Å². The highest BCUT2D eigenvalue weighted by atomic mass is 16.5. The minimum atomic E-state index is 0.585. The van der Waals surface area contributed by atoms with E-state index in [1.807, 2.05) is 19.1 Å². The molecule has 3 rings (SSSR count). The number of benzene rings is 1. The van der Waals surface area contributed by atoms with Crippen molar-refractivity contribution in [2.75, 3.05) is 5.32 Å². The summed E-state index contributed by atoms with van der Waals surface area (Å²) in [5, 5.41) is 7.41. The summed E-state index contributed by atoms with van der Waals surface area (Å²) in [6.45, 7) is 1.83. The second-order valence-electron chi connectivity index (χ2n) is 5.20. The van der Waals surface area contributed by atoms with Gasteiger partial charge >= 0.3 is 0 Å². The first-order valence-electron chi connectivity index (χ1n) is 6.98. The van der Waals surface area contributed by atoms with Crippen molar-refractivity contribution in [2.24, 2.45) is 0 Å². The lowest BCUT2D eigenvalue weighted by Gasteiger charge is -2.23. The van der Waals surface area contributed by atoms with Crippen LogP contribution in [0.3, 0.4) is 0 Å². The molecule has 1 aliphatic carbocycles. The Kier molecular flexibility index (Phi) is 3.49. The Labute approximate surface area is 113 Å². The van der Waals surface area contributed by atoms with Crippen molar-refractivity contribution in [1.82, 2.24) is 10.1 Å². The van der Waals surface area contributed by atoms with E-state index in [1.54, 1.807) is 0 Å². The Morgan fingerprint density at radius 3 is 2.47 bits per heavy atom. The maximum Gasteiger partial charge on any atom is 0.257 e. The fourth-order valence-electron chi connectivity index (χ4n) is 2.61. The standard InChI is InChI=1S/C15H19N3O/c1-11-16-15(19-18-11)12-7-9-14(10-8-12)17-13-5-3-2-4-6-13/h7-10,13,17H,2-6H2,1H3. The van der Waals surface area contributed by atoms with Crippen LogP contribution in [0.15, 0.2) is 28.8 Å². The molecule has 0 radical (unpaired) electrons. The maximum atomic E-state index is 5.16. The van der Waals surface area contributed by atoms with Crippen LogP contribution in [-0.2, 0) is 0 Å². The molecule has 1 aromatic carbocycles. The lowest BCUT2D eigenvalue weighted by Crippen LogP contribution is -2.22. The van der Waals surface area contributed by atoms with Gasteiger partial charge in [0, 0.05) is 17.3 Å². The highest BCUT2D eigenvalue weighted by Gasteiger charge is 2.13. The van der Waals surface area contributed by atoms with Gasteiger partial charge in [0.15, 0.2) is 5.82 Å². The van der Waals surface area contributed by atoms with E-state index in [0.29, 0.717) is 17.8 Å². The molecule has 0 spiro atoms. The first-order valence-corrected chi connectivity index (χ1v) is 6.98. The molecule has 0 aliphatic heterocycles. The molecule has 0 unspecified atom stereocenters. The van der Waals surface area contributed by atoms with Crippen molar-refractivity contribution in [1.29, 1.82) is 0 Å². The summed E-state index contributed by atoms with van der Waals surface area (Å²) >= 11 is 0. The maximum absolute atomic E-state index is 5.16. The zero-order valence-electron chi connectivity index (χ0n) is 11.2. The molecule has 100 valence electrons. The van der Waals surface area contributed by atoms with Crippen LogP contribution in [0.2, 0.25) is 0 Å². The van der Waals surface area contributed by atoms with Crippen LogP contribution >= 0.6 is 0 Å². The van der Waals surface area contributed by atoms with Crippen molar-refractivity contribution in [3.05, 3.63) is 30.1 Å². The molecule has 0 saturated heterocycles. The average molecular weight is 257 g/mol. The molecule has 1 saturated carbocycles. The Bertz CT molecular complexity index is 527. The average Bonchev–Trinajstić information content (AvgIpc) is 2.87. The zero-order valence-corrected chi connectivity index (χ0v) is 11.2. The van der Waals surface area contributed by atoms with E-state index in [1.165, 1.54) is 37.8 Å². The van der Waals surface area contributed by atoms with E-state index < -0.39 is 0 Å². The van der Waals surface area contributed by atoms with Crippen LogP contribution in [0, 0.1) is 6.92 Å². The molecule has 1 aromatic heterocycles. The van der Waals surface area contributed by atoms with Crippen molar-refractivity contribution >= 4 is 5.69 Å². The number of aromatic nitrogens is 2. The summed E-state index contributed by atoms with van der Waals surface area (Å²) in [6, 6.07) is 8.86. The number of hydrogen-bond donors (Lipinski definition) is 1. The van der Waals surface area contributed by atoms with Gasteiger partial charge in [-0.2, -0.15) is 4.98 Å². The van der Waals surface area contributed by atoms with Gasteiger partial charge < -0.3 is 9.84 Å². The molecule has 0 atom stereocenters. The molecule has 1 N–H and O–H groups in total. The molecular weight excluding hydrogens is 238 g/mol. The summed E-state index contributed by atoms with van der Waals surface area (Å²) in [6.07, 6.45) is 6.64. The summed E-state index contributed by atoms with van der Waals surface area (Å²) in [4.78, 5) is 4.23. The fourth-order valence-corrected chi connectivity index (χ4v) is 2.61. The second-order valence-corrected chi connectivity index (χ2v) is 5.20. The van der Waals surface area contributed by atoms with Crippen LogP contribution in [0.5, 0.6) is 0 Å². The van der Waals surface area contributed by atoms with Gasteiger partial charge in [-0.25, -0.2) is 0 Å².